The number of nitrogens with zero attached hydrogens (tertiary/aromatic N) is 1. The lowest BCUT2D eigenvalue weighted by molar-refractivity contribution is -0.143. The summed E-state index contributed by atoms with van der Waals surface area (Å²) >= 11 is 0. The third-order valence-electron chi connectivity index (χ3n) is 10.4. The molecule has 48 heavy (non-hydrogen) atoms. The number of amides is 5. The molecule has 1 aromatic rings. The Morgan fingerprint density at radius 3 is 2.08 bits per heavy atom. The fourth-order valence-electron chi connectivity index (χ4n) is 7.39. The quantitative estimate of drug-likeness (QED) is 0.227. The van der Waals surface area contributed by atoms with E-state index in [0.717, 1.165) is 56.9 Å². The van der Waals surface area contributed by atoms with Crippen LogP contribution in [0.4, 0.5) is 4.79 Å². The maximum atomic E-state index is 14.2. The van der Waals surface area contributed by atoms with Crippen molar-refractivity contribution in [2.75, 3.05) is 6.54 Å². The lowest BCUT2D eigenvalue weighted by Gasteiger charge is -2.44. The minimum Gasteiger partial charge on any atom is -0.363 e. The number of carbonyl (C=O) groups is 5. The topological polar surface area (TPSA) is 151 Å². The van der Waals surface area contributed by atoms with E-state index >= 15 is 0 Å². The van der Waals surface area contributed by atoms with Gasteiger partial charge >= 0.3 is 6.03 Å². The number of likely N-dealkylation sites (tertiary alicyclic amines) is 1. The molecule has 3 fully saturated rings. The van der Waals surface area contributed by atoms with Gasteiger partial charge in [0.15, 0.2) is 0 Å². The number of nitrogens with one attached hydrogen (secondary N) is 3. The first-order valence-electron chi connectivity index (χ1n) is 18.2. The van der Waals surface area contributed by atoms with Gasteiger partial charge in [-0.05, 0) is 48.5 Å². The normalized spacial score (nSPS) is 22.5. The smallest absolute Gasteiger partial charge is 0.315 e. The Labute approximate surface area is 288 Å². The molecule has 0 radical (unpaired) electrons. The van der Waals surface area contributed by atoms with E-state index in [2.05, 4.69) is 48.9 Å². The summed E-state index contributed by atoms with van der Waals surface area (Å²) in [5, 5.41) is 9.10. The number of ketones is 1. The third-order valence-corrected chi connectivity index (χ3v) is 10.4. The van der Waals surface area contributed by atoms with Gasteiger partial charge in [0, 0.05) is 18.0 Å². The molecule has 3 aliphatic rings. The highest BCUT2D eigenvalue weighted by molar-refractivity contribution is 6.37. The van der Waals surface area contributed by atoms with E-state index < -0.39 is 52.7 Å². The molecule has 0 bridgehead atoms. The minimum atomic E-state index is -1.08. The highest BCUT2D eigenvalue weighted by Gasteiger charge is 2.46. The number of hydrogen-bond acceptors (Lipinski definition) is 5. The highest BCUT2D eigenvalue weighted by Crippen LogP contribution is 2.40. The Balaban J connectivity index is 0.00000201. The van der Waals surface area contributed by atoms with Crippen molar-refractivity contribution in [3.63, 3.8) is 0 Å². The summed E-state index contributed by atoms with van der Waals surface area (Å²) in [6.07, 6.45) is 9.82. The van der Waals surface area contributed by atoms with Crippen LogP contribution in [0.15, 0.2) is 30.3 Å². The number of Topliss-reactive ketones (excluding diaryl/α,β-unsaturated/α-hetero) is 1. The molecule has 5 unspecified atom stereocenters. The molecule has 1 aliphatic heterocycles. The molecular weight excluding hydrogens is 606 g/mol. The molecule has 1 aromatic carbocycles. The number of urea groups is 1. The van der Waals surface area contributed by atoms with Crippen LogP contribution >= 0.6 is 0 Å². The Morgan fingerprint density at radius 1 is 0.958 bits per heavy atom. The molecule has 2 saturated carbocycles. The first kappa shape index (κ1) is 39.0. The fourth-order valence-corrected chi connectivity index (χ4v) is 7.39. The van der Waals surface area contributed by atoms with Gasteiger partial charge in [-0.2, -0.15) is 0 Å². The molecule has 5 N–H and O–H groups in total. The van der Waals surface area contributed by atoms with Gasteiger partial charge in [-0.1, -0.05) is 124 Å². The summed E-state index contributed by atoms with van der Waals surface area (Å²) in [4.78, 5) is 67.6. The van der Waals surface area contributed by atoms with Crippen LogP contribution in [0.1, 0.15) is 131 Å². The maximum Gasteiger partial charge on any atom is 0.315 e. The van der Waals surface area contributed by atoms with Crippen LogP contribution < -0.4 is 21.7 Å². The second-order valence-electron chi connectivity index (χ2n) is 15.6. The highest BCUT2D eigenvalue weighted by atomic mass is 16.2. The van der Waals surface area contributed by atoms with E-state index in [9.17, 15) is 24.0 Å². The summed E-state index contributed by atoms with van der Waals surface area (Å²) in [7, 11) is 0. The van der Waals surface area contributed by atoms with Gasteiger partial charge in [-0.3, -0.25) is 19.2 Å². The van der Waals surface area contributed by atoms with Crippen molar-refractivity contribution in [3.05, 3.63) is 35.9 Å². The lowest BCUT2D eigenvalue weighted by Crippen LogP contribution is -2.63. The first-order valence-corrected chi connectivity index (χ1v) is 18.2. The zero-order chi connectivity index (χ0) is 35.6. The van der Waals surface area contributed by atoms with Crippen molar-refractivity contribution in [2.45, 2.75) is 149 Å². The van der Waals surface area contributed by atoms with Crippen LogP contribution in [0.3, 0.4) is 0 Å². The summed E-state index contributed by atoms with van der Waals surface area (Å²) < 4.78 is 0. The summed E-state index contributed by atoms with van der Waals surface area (Å²) in [5.41, 5.74) is 5.38. The molecule has 4 rings (SSSR count). The first-order chi connectivity index (χ1) is 22.6. The molecule has 0 spiro atoms. The largest absolute Gasteiger partial charge is 0.363 e. The monoisotopic (exact) mass is 667 g/mol. The molecular formula is C38H61N5O5. The van der Waals surface area contributed by atoms with Crippen molar-refractivity contribution in [1.29, 1.82) is 0 Å². The molecule has 1 saturated heterocycles. The molecule has 268 valence electrons. The van der Waals surface area contributed by atoms with Crippen LogP contribution in [-0.4, -0.2) is 64.6 Å². The molecule has 1 heterocycles. The van der Waals surface area contributed by atoms with E-state index in [1.807, 2.05) is 45.9 Å². The molecule has 2 aliphatic carbocycles. The van der Waals surface area contributed by atoms with Crippen LogP contribution in [-0.2, 0) is 19.2 Å². The number of hydrogen-bond donors (Lipinski definition) is 4. The van der Waals surface area contributed by atoms with Crippen LogP contribution in [0.2, 0.25) is 0 Å². The van der Waals surface area contributed by atoms with Gasteiger partial charge in [0.25, 0.3) is 5.91 Å². The zero-order valence-corrected chi connectivity index (χ0v) is 30.4. The van der Waals surface area contributed by atoms with Gasteiger partial charge in [-0.15, -0.1) is 0 Å². The lowest BCUT2D eigenvalue weighted by atomic mass is 9.71. The number of benzene rings is 1. The molecule has 0 aromatic heterocycles. The number of nitrogens with two attached hydrogens (primary N) is 1. The Kier molecular flexibility index (Phi) is 14.1. The summed E-state index contributed by atoms with van der Waals surface area (Å²) in [6, 6.07) is 7.08. The fraction of sp³-hybridized carbons (Fsp3) is 0.711. The van der Waals surface area contributed by atoms with Gasteiger partial charge in [-0.25, -0.2) is 4.79 Å². The van der Waals surface area contributed by atoms with Crippen molar-refractivity contribution < 1.29 is 24.0 Å². The number of primary amides is 1. The summed E-state index contributed by atoms with van der Waals surface area (Å²) in [5.74, 6) is -2.33. The van der Waals surface area contributed by atoms with Crippen molar-refractivity contribution in [2.24, 2.45) is 23.0 Å². The van der Waals surface area contributed by atoms with Crippen molar-refractivity contribution >= 4 is 29.5 Å². The van der Waals surface area contributed by atoms with Crippen LogP contribution in [0, 0.1) is 17.3 Å². The molecule has 10 heteroatoms. The number of carbonyl (C=O) groups excluding carboxylic acids is 5. The van der Waals surface area contributed by atoms with Crippen molar-refractivity contribution in [1.82, 2.24) is 20.9 Å². The maximum absolute atomic E-state index is 14.2. The van der Waals surface area contributed by atoms with Gasteiger partial charge < -0.3 is 26.6 Å². The van der Waals surface area contributed by atoms with E-state index in [0.29, 0.717) is 19.4 Å². The van der Waals surface area contributed by atoms with Crippen LogP contribution in [0.5, 0.6) is 0 Å². The average Bonchev–Trinajstić information content (AvgIpc) is 3.42. The Hall–Kier alpha value is -3.43. The second-order valence-corrected chi connectivity index (χ2v) is 15.6. The predicted molar refractivity (Wildman–Crippen MR) is 189 cm³/mol. The second kappa shape index (κ2) is 17.3. The van der Waals surface area contributed by atoms with E-state index in [-0.39, 0.29) is 23.7 Å². The van der Waals surface area contributed by atoms with E-state index in [4.69, 9.17) is 5.73 Å². The van der Waals surface area contributed by atoms with Crippen molar-refractivity contribution in [3.8, 4) is 0 Å². The van der Waals surface area contributed by atoms with E-state index in [1.54, 1.807) is 0 Å². The van der Waals surface area contributed by atoms with Gasteiger partial charge in [0.05, 0.1) is 6.04 Å². The molecule has 5 amide bonds. The van der Waals surface area contributed by atoms with Crippen LogP contribution in [0.25, 0.3) is 0 Å². The van der Waals surface area contributed by atoms with E-state index in [1.165, 1.54) is 11.3 Å². The minimum absolute atomic E-state index is 0.0355. The third kappa shape index (κ3) is 10.0. The average molecular weight is 668 g/mol. The predicted octanol–water partition coefficient (Wildman–Crippen LogP) is 5.59. The molecule has 5 atom stereocenters. The Bertz CT molecular complexity index is 1250. The van der Waals surface area contributed by atoms with Gasteiger partial charge in [0.2, 0.25) is 17.6 Å². The zero-order valence-electron chi connectivity index (χ0n) is 30.4. The standard InChI is InChI=1S/C35H53N5O5.C3H8/c1-22-19-27(31(43)37-26(28(41)30(36)42)20-24-13-12-14-24)40(21-22)32(44)29(34(3,4)5)38-33(45)39-35(17-10-7-11-18-35)23(2)25-15-8-6-9-16-25;1-3-2/h6,8-9,15-16,22-24,26-27,29H,7,10-14,17-21H2,1-5H3,(H2,36,42)(H,37,43)(H2,38,39,45);3H2,1-2H3. The van der Waals surface area contributed by atoms with Gasteiger partial charge in [0.1, 0.15) is 12.1 Å². The Morgan fingerprint density at radius 2 is 1.56 bits per heavy atom. The molecule has 10 nitrogen and oxygen atoms in total. The number of rotatable bonds is 11. The summed E-state index contributed by atoms with van der Waals surface area (Å²) in [6.45, 7) is 14.4. The SMILES string of the molecule is CC1CC(C(=O)NC(CC2CCC2)C(=O)C(N)=O)N(C(=O)C(NC(=O)NC2(C(C)c3ccccc3)CCCCC2)C(C)(C)C)C1.CCC.